The zero-order valence-corrected chi connectivity index (χ0v) is 26.5. The molecule has 6 heteroatoms. The van der Waals surface area contributed by atoms with Crippen molar-refractivity contribution >= 4 is 23.3 Å². The van der Waals surface area contributed by atoms with E-state index in [1.165, 1.54) is 19.3 Å². The van der Waals surface area contributed by atoms with Gasteiger partial charge in [0.1, 0.15) is 17.3 Å². The lowest BCUT2D eigenvalue weighted by Gasteiger charge is -2.50. The van der Waals surface area contributed by atoms with E-state index in [9.17, 15) is 19.2 Å². The van der Waals surface area contributed by atoms with Crippen LogP contribution < -0.4 is 0 Å². The molecule has 0 aromatic carbocycles. The first kappa shape index (κ1) is 32.4. The van der Waals surface area contributed by atoms with Crippen molar-refractivity contribution in [3.63, 3.8) is 0 Å². The Morgan fingerprint density at radius 2 is 1.71 bits per heavy atom. The highest BCUT2D eigenvalue weighted by Gasteiger charge is 2.61. The molecule has 41 heavy (non-hydrogen) atoms. The molecule has 232 valence electrons. The van der Waals surface area contributed by atoms with Crippen LogP contribution in [0.2, 0.25) is 0 Å². The number of ether oxygens (including phenoxy) is 2. The highest BCUT2D eigenvalue weighted by atomic mass is 16.7. The Kier molecular flexibility index (Phi) is 11.3. The minimum Gasteiger partial charge on any atom is -0.435 e. The second kappa shape index (κ2) is 14.3. The van der Waals surface area contributed by atoms with Gasteiger partial charge in [0.2, 0.25) is 6.29 Å². The first-order chi connectivity index (χ1) is 19.5. The molecule has 0 N–H and O–H groups in total. The van der Waals surface area contributed by atoms with Gasteiger partial charge in [-0.05, 0) is 74.5 Å². The van der Waals surface area contributed by atoms with Crippen LogP contribution in [0.5, 0.6) is 0 Å². The van der Waals surface area contributed by atoms with Crippen molar-refractivity contribution in [1.29, 1.82) is 0 Å². The van der Waals surface area contributed by atoms with Crippen LogP contribution in [0.25, 0.3) is 0 Å². The lowest BCUT2D eigenvalue weighted by atomic mass is 9.52. The smallest absolute Gasteiger partial charge is 0.308 e. The molecule has 0 amide bonds. The Morgan fingerprint density at radius 3 is 2.39 bits per heavy atom. The molecule has 4 aliphatic rings. The number of carbonyl (C=O) groups excluding carboxylic acids is 4. The van der Waals surface area contributed by atoms with Gasteiger partial charge in [0.05, 0.1) is 6.10 Å². The van der Waals surface area contributed by atoms with E-state index < -0.39 is 11.7 Å². The largest absolute Gasteiger partial charge is 0.435 e. The molecule has 0 saturated heterocycles. The van der Waals surface area contributed by atoms with Crippen LogP contribution in [0.1, 0.15) is 137 Å². The van der Waals surface area contributed by atoms with Gasteiger partial charge in [0.15, 0.2) is 0 Å². The summed E-state index contributed by atoms with van der Waals surface area (Å²) in [6, 6.07) is 0. The van der Waals surface area contributed by atoms with Crippen LogP contribution in [-0.4, -0.2) is 35.7 Å². The average Bonchev–Trinajstić information content (AvgIpc) is 3.29. The molecule has 8 unspecified atom stereocenters. The number of ketones is 3. The molecular weight excluding hydrogens is 516 g/mol. The monoisotopic (exact) mass is 572 g/mol. The van der Waals surface area contributed by atoms with Gasteiger partial charge in [0.25, 0.3) is 0 Å². The fraction of sp³-hybridized carbons (Fsp3) is 0.886. The van der Waals surface area contributed by atoms with Crippen LogP contribution in [0.15, 0.2) is 0 Å². The maximum Gasteiger partial charge on any atom is 0.308 e. The third-order valence-electron chi connectivity index (χ3n) is 11.3. The van der Waals surface area contributed by atoms with Crippen LogP contribution in [-0.2, 0) is 28.7 Å². The molecule has 0 radical (unpaired) electrons. The van der Waals surface area contributed by atoms with Crippen molar-refractivity contribution < 1.29 is 28.7 Å². The van der Waals surface area contributed by atoms with Crippen LogP contribution in [0.3, 0.4) is 0 Å². The van der Waals surface area contributed by atoms with Crippen molar-refractivity contribution in [2.75, 3.05) is 0 Å². The van der Waals surface area contributed by atoms with Crippen molar-refractivity contribution in [2.24, 2.45) is 46.8 Å². The molecule has 0 heterocycles. The topological polar surface area (TPSA) is 86.7 Å². The lowest BCUT2D eigenvalue weighted by Crippen LogP contribution is -2.53. The van der Waals surface area contributed by atoms with Crippen LogP contribution >= 0.6 is 0 Å². The van der Waals surface area contributed by atoms with Gasteiger partial charge < -0.3 is 9.47 Å². The Hall–Kier alpha value is -1.56. The fourth-order valence-corrected chi connectivity index (χ4v) is 9.04. The van der Waals surface area contributed by atoms with Gasteiger partial charge in [-0.2, -0.15) is 0 Å². The number of hydrogen-bond acceptors (Lipinski definition) is 6. The summed E-state index contributed by atoms with van der Waals surface area (Å²) in [4.78, 5) is 52.7. The van der Waals surface area contributed by atoms with Gasteiger partial charge in [-0.15, -0.1) is 0 Å². The van der Waals surface area contributed by atoms with E-state index >= 15 is 0 Å². The van der Waals surface area contributed by atoms with E-state index in [-0.39, 0.29) is 65.1 Å². The molecule has 0 aromatic heterocycles. The summed E-state index contributed by atoms with van der Waals surface area (Å²) in [5, 5.41) is 0. The van der Waals surface area contributed by atoms with Gasteiger partial charge in [-0.1, -0.05) is 60.3 Å². The SMILES string of the molecule is CCCCC(=O)CC1CC(=O)C2C(CC(=O)C3(C)C(C(C)CCC(=O)OC(OC4CCCCC4)C(C)C)CCC23)C1. The number of rotatable bonds is 13. The van der Waals surface area contributed by atoms with Gasteiger partial charge in [-0.3, -0.25) is 19.2 Å². The van der Waals surface area contributed by atoms with Gasteiger partial charge >= 0.3 is 5.97 Å². The van der Waals surface area contributed by atoms with Crippen LogP contribution in [0.4, 0.5) is 0 Å². The summed E-state index contributed by atoms with van der Waals surface area (Å²) in [6.07, 6.45) is 13.0. The molecule has 0 aromatic rings. The number of unbranched alkanes of at least 4 members (excludes halogenated alkanes) is 1. The summed E-state index contributed by atoms with van der Waals surface area (Å²) >= 11 is 0. The van der Waals surface area contributed by atoms with Crippen molar-refractivity contribution in [1.82, 2.24) is 0 Å². The lowest BCUT2D eigenvalue weighted by molar-refractivity contribution is -0.205. The minimum absolute atomic E-state index is 0.0504. The average molecular weight is 573 g/mol. The number of esters is 1. The van der Waals surface area contributed by atoms with Crippen molar-refractivity contribution in [3.8, 4) is 0 Å². The first-order valence-corrected chi connectivity index (χ1v) is 17.0. The Labute approximate surface area is 248 Å². The maximum atomic E-state index is 13.8. The molecule has 0 bridgehead atoms. The third-order valence-corrected chi connectivity index (χ3v) is 11.3. The molecule has 4 rings (SSSR count). The predicted octanol–water partition coefficient (Wildman–Crippen LogP) is 7.64. The highest BCUT2D eigenvalue weighted by Crippen LogP contribution is 2.61. The van der Waals surface area contributed by atoms with Gasteiger partial charge in [0, 0.05) is 49.4 Å². The normalized spacial score (nSPS) is 33.8. The Balaban J connectivity index is 1.32. The summed E-state index contributed by atoms with van der Waals surface area (Å²) in [5.74, 6) is 1.33. The minimum atomic E-state index is -0.505. The quantitative estimate of drug-likeness (QED) is 0.166. The number of carbonyl (C=O) groups is 4. The second-order valence-electron chi connectivity index (χ2n) is 14.6. The maximum absolute atomic E-state index is 13.8. The molecular formula is C35H56O6. The first-order valence-electron chi connectivity index (χ1n) is 17.0. The standard InChI is InChI=1S/C35H56O6/c1-6-7-11-26(36)19-24-18-25-21-31(38)35(5)28(15-16-29(35)33(25)30(37)20-24)23(4)14-17-32(39)41-34(22(2)3)40-27-12-9-8-10-13-27/h22-25,27-29,33-34H,6-21H2,1-5H3. The van der Waals surface area contributed by atoms with Crippen molar-refractivity contribution in [3.05, 3.63) is 0 Å². The summed E-state index contributed by atoms with van der Waals surface area (Å²) in [6.45, 7) is 10.4. The van der Waals surface area contributed by atoms with Crippen molar-refractivity contribution in [2.45, 2.75) is 150 Å². The fourth-order valence-electron chi connectivity index (χ4n) is 9.04. The third kappa shape index (κ3) is 7.51. The number of fused-ring (bicyclic) bond motifs is 3. The summed E-state index contributed by atoms with van der Waals surface area (Å²) in [7, 11) is 0. The zero-order chi connectivity index (χ0) is 29.7. The van der Waals surface area contributed by atoms with Gasteiger partial charge in [-0.25, -0.2) is 0 Å². The molecule has 0 aliphatic heterocycles. The molecule has 4 aliphatic carbocycles. The molecule has 6 nitrogen and oxygen atoms in total. The van der Waals surface area contributed by atoms with E-state index in [0.29, 0.717) is 44.3 Å². The van der Waals surface area contributed by atoms with E-state index in [1.807, 2.05) is 13.8 Å². The number of hydrogen-bond donors (Lipinski definition) is 0. The Morgan fingerprint density at radius 1 is 0.976 bits per heavy atom. The summed E-state index contributed by atoms with van der Waals surface area (Å²) in [5.41, 5.74) is -0.505. The van der Waals surface area contributed by atoms with E-state index in [4.69, 9.17) is 9.47 Å². The highest BCUT2D eigenvalue weighted by molar-refractivity contribution is 5.92. The molecule has 4 fully saturated rings. The molecule has 0 spiro atoms. The van der Waals surface area contributed by atoms with E-state index in [1.54, 1.807) is 0 Å². The predicted molar refractivity (Wildman–Crippen MR) is 159 cm³/mol. The zero-order valence-electron chi connectivity index (χ0n) is 26.5. The summed E-state index contributed by atoms with van der Waals surface area (Å²) < 4.78 is 12.0. The molecule has 4 saturated carbocycles. The number of Topliss-reactive ketones (excluding diaryl/α,β-unsaturated/α-hetero) is 3. The second-order valence-corrected chi connectivity index (χ2v) is 14.6. The van der Waals surface area contributed by atoms with E-state index in [0.717, 1.165) is 44.9 Å². The Bertz CT molecular complexity index is 935. The molecule has 8 atom stereocenters. The van der Waals surface area contributed by atoms with E-state index in [2.05, 4.69) is 20.8 Å². The van der Waals surface area contributed by atoms with Crippen LogP contribution in [0, 0.1) is 46.8 Å².